The minimum absolute atomic E-state index is 0.0341. The van der Waals surface area contributed by atoms with Gasteiger partial charge >= 0.3 is 0 Å². The van der Waals surface area contributed by atoms with Crippen LogP contribution in [0.2, 0.25) is 0 Å². The van der Waals surface area contributed by atoms with E-state index in [0.717, 1.165) is 23.3 Å². The van der Waals surface area contributed by atoms with E-state index in [2.05, 4.69) is 23.7 Å². The maximum absolute atomic E-state index is 11.5. The van der Waals surface area contributed by atoms with Crippen LogP contribution in [0.15, 0.2) is 60.7 Å². The number of benzene rings is 3. The zero-order valence-corrected chi connectivity index (χ0v) is 16.3. The number of nitro benzene ring substituents is 2. The van der Waals surface area contributed by atoms with Gasteiger partial charge in [-0.25, -0.2) is 0 Å². The summed E-state index contributed by atoms with van der Waals surface area (Å²) in [6.07, 6.45) is 0. The summed E-state index contributed by atoms with van der Waals surface area (Å²) in [6.45, 7) is 3.86. The second kappa shape index (κ2) is 8.72. The Morgan fingerprint density at radius 1 is 0.600 bits per heavy atom. The lowest BCUT2D eigenvalue weighted by Gasteiger charge is -2.00. The molecule has 146 valence electrons. The van der Waals surface area contributed by atoms with Gasteiger partial charge in [-0.1, -0.05) is 59.1 Å². The molecular formula is C24H16N2O4. The first-order valence-electron chi connectivity index (χ1n) is 8.97. The molecule has 0 spiro atoms. The Kier molecular flexibility index (Phi) is 5.91. The molecule has 0 heterocycles. The largest absolute Gasteiger partial charge is 0.286 e. The Morgan fingerprint density at radius 2 is 0.933 bits per heavy atom. The number of hydrogen-bond donors (Lipinski definition) is 0. The molecule has 0 saturated heterocycles. The van der Waals surface area contributed by atoms with Crippen molar-refractivity contribution in [1.29, 1.82) is 0 Å². The standard InChI is InChI=1S/C24H16N2O4/c1-17-3-7-19(8-4-17)11-13-21-15-24(26(29)30)22(16-23(21)25(27)28)14-12-20-9-5-18(2)6-10-20/h3-10,15-16H,1-2H3. The van der Waals surface area contributed by atoms with Crippen molar-refractivity contribution in [3.63, 3.8) is 0 Å². The number of nitro groups is 2. The van der Waals surface area contributed by atoms with Crippen molar-refractivity contribution in [3.8, 4) is 23.7 Å². The molecule has 0 bridgehead atoms. The lowest BCUT2D eigenvalue weighted by Crippen LogP contribution is -1.99. The van der Waals surface area contributed by atoms with Crippen LogP contribution in [0.3, 0.4) is 0 Å². The number of aryl methyl sites for hydroxylation is 2. The maximum Gasteiger partial charge on any atom is 0.286 e. The third kappa shape index (κ3) is 4.89. The van der Waals surface area contributed by atoms with E-state index >= 15 is 0 Å². The third-order valence-corrected chi connectivity index (χ3v) is 4.29. The molecule has 3 aromatic rings. The van der Waals surface area contributed by atoms with Gasteiger partial charge in [0.05, 0.1) is 9.85 Å². The van der Waals surface area contributed by atoms with Crippen LogP contribution in [0.1, 0.15) is 33.4 Å². The van der Waals surface area contributed by atoms with Gasteiger partial charge in [-0.2, -0.15) is 0 Å². The Labute approximate surface area is 173 Å². The average molecular weight is 396 g/mol. The summed E-state index contributed by atoms with van der Waals surface area (Å²) < 4.78 is 0. The van der Waals surface area contributed by atoms with E-state index in [4.69, 9.17) is 0 Å². The summed E-state index contributed by atoms with van der Waals surface area (Å²) in [5, 5.41) is 23.1. The molecule has 0 atom stereocenters. The molecule has 0 aliphatic rings. The molecule has 0 radical (unpaired) electrons. The molecule has 0 aliphatic carbocycles. The van der Waals surface area contributed by atoms with E-state index < -0.39 is 9.85 Å². The lowest BCUT2D eigenvalue weighted by molar-refractivity contribution is -0.389. The highest BCUT2D eigenvalue weighted by molar-refractivity contribution is 5.65. The zero-order chi connectivity index (χ0) is 21.7. The van der Waals surface area contributed by atoms with Gasteiger partial charge in [0.15, 0.2) is 0 Å². The first-order chi connectivity index (χ1) is 14.3. The summed E-state index contributed by atoms with van der Waals surface area (Å²) in [7, 11) is 0. The van der Waals surface area contributed by atoms with E-state index in [-0.39, 0.29) is 22.5 Å². The summed E-state index contributed by atoms with van der Waals surface area (Å²) in [5.74, 6) is 11.0. The van der Waals surface area contributed by atoms with Crippen molar-refractivity contribution in [2.45, 2.75) is 13.8 Å². The topological polar surface area (TPSA) is 86.3 Å². The van der Waals surface area contributed by atoms with Crippen molar-refractivity contribution in [3.05, 3.63) is 114 Å². The van der Waals surface area contributed by atoms with Crippen LogP contribution in [-0.4, -0.2) is 9.85 Å². The predicted molar refractivity (Wildman–Crippen MR) is 114 cm³/mol. The number of rotatable bonds is 2. The van der Waals surface area contributed by atoms with Gasteiger partial charge in [-0.15, -0.1) is 0 Å². The molecule has 0 aliphatic heterocycles. The van der Waals surface area contributed by atoms with Gasteiger partial charge in [-0.3, -0.25) is 20.2 Å². The van der Waals surface area contributed by atoms with Crippen LogP contribution in [-0.2, 0) is 0 Å². The molecule has 0 amide bonds. The second-order valence-corrected chi connectivity index (χ2v) is 6.63. The zero-order valence-electron chi connectivity index (χ0n) is 16.3. The minimum Gasteiger partial charge on any atom is -0.258 e. The molecule has 30 heavy (non-hydrogen) atoms. The fourth-order valence-corrected chi connectivity index (χ4v) is 2.63. The average Bonchev–Trinajstić information content (AvgIpc) is 2.72. The molecule has 0 N–H and O–H groups in total. The minimum atomic E-state index is -0.611. The quantitative estimate of drug-likeness (QED) is 0.349. The van der Waals surface area contributed by atoms with Gasteiger partial charge in [-0.05, 0) is 38.1 Å². The van der Waals surface area contributed by atoms with Crippen LogP contribution in [0, 0.1) is 57.8 Å². The number of nitrogens with zero attached hydrogens (tertiary/aromatic N) is 2. The monoisotopic (exact) mass is 396 g/mol. The summed E-state index contributed by atoms with van der Waals surface area (Å²) >= 11 is 0. The highest BCUT2D eigenvalue weighted by Gasteiger charge is 2.22. The lowest BCUT2D eigenvalue weighted by atomic mass is 10.1. The van der Waals surface area contributed by atoms with E-state index in [9.17, 15) is 20.2 Å². The second-order valence-electron chi connectivity index (χ2n) is 6.63. The SMILES string of the molecule is Cc1ccc(C#Cc2cc([N+](=O)[O-])c(C#Cc3ccc(C)cc3)cc2[N+](=O)[O-])cc1. The van der Waals surface area contributed by atoms with E-state index in [1.807, 2.05) is 38.1 Å². The van der Waals surface area contributed by atoms with Crippen molar-refractivity contribution >= 4 is 11.4 Å². The highest BCUT2D eigenvalue weighted by atomic mass is 16.6. The van der Waals surface area contributed by atoms with Crippen LogP contribution >= 0.6 is 0 Å². The van der Waals surface area contributed by atoms with Crippen LogP contribution in [0.25, 0.3) is 0 Å². The van der Waals surface area contributed by atoms with Gasteiger partial charge in [0.25, 0.3) is 11.4 Å². The fraction of sp³-hybridized carbons (Fsp3) is 0.0833. The van der Waals surface area contributed by atoms with Crippen LogP contribution in [0.4, 0.5) is 11.4 Å². The summed E-state index contributed by atoms with van der Waals surface area (Å²) in [4.78, 5) is 21.9. The first kappa shape index (κ1) is 20.3. The normalized spacial score (nSPS) is 9.67. The molecule has 0 aromatic heterocycles. The smallest absolute Gasteiger partial charge is 0.258 e. The predicted octanol–water partition coefficient (Wildman–Crippen LogP) is 4.92. The van der Waals surface area contributed by atoms with Crippen molar-refractivity contribution < 1.29 is 9.85 Å². The van der Waals surface area contributed by atoms with Gasteiger partial charge in [0.1, 0.15) is 11.1 Å². The molecule has 0 unspecified atom stereocenters. The first-order valence-corrected chi connectivity index (χ1v) is 8.97. The summed E-state index contributed by atoms with van der Waals surface area (Å²) in [5.41, 5.74) is 2.70. The fourth-order valence-electron chi connectivity index (χ4n) is 2.63. The van der Waals surface area contributed by atoms with Crippen molar-refractivity contribution in [2.75, 3.05) is 0 Å². The van der Waals surface area contributed by atoms with Gasteiger partial charge < -0.3 is 0 Å². The molecule has 6 nitrogen and oxygen atoms in total. The van der Waals surface area contributed by atoms with Crippen molar-refractivity contribution in [1.82, 2.24) is 0 Å². The molecule has 3 rings (SSSR count). The number of hydrogen-bond acceptors (Lipinski definition) is 4. The molecule has 6 heteroatoms. The molecular weight excluding hydrogens is 380 g/mol. The maximum atomic E-state index is 11.5. The third-order valence-electron chi connectivity index (χ3n) is 4.29. The van der Waals surface area contributed by atoms with Crippen molar-refractivity contribution in [2.24, 2.45) is 0 Å². The Hall–Kier alpha value is -4.42. The Balaban J connectivity index is 2.09. The highest BCUT2D eigenvalue weighted by Crippen LogP contribution is 2.28. The van der Waals surface area contributed by atoms with E-state index in [1.54, 1.807) is 24.3 Å². The van der Waals surface area contributed by atoms with Crippen LogP contribution in [0.5, 0.6) is 0 Å². The van der Waals surface area contributed by atoms with E-state index in [0.29, 0.717) is 11.1 Å². The van der Waals surface area contributed by atoms with E-state index in [1.165, 1.54) is 0 Å². The summed E-state index contributed by atoms with van der Waals surface area (Å²) in [6, 6.07) is 16.8. The molecule has 3 aromatic carbocycles. The van der Waals surface area contributed by atoms with Gasteiger partial charge in [0.2, 0.25) is 0 Å². The van der Waals surface area contributed by atoms with Gasteiger partial charge in [0, 0.05) is 23.3 Å². The van der Waals surface area contributed by atoms with Crippen LogP contribution < -0.4 is 0 Å². The molecule has 0 saturated carbocycles. The molecule has 0 fully saturated rings. The Morgan fingerprint density at radius 3 is 1.23 bits per heavy atom. The Bertz CT molecular complexity index is 1150.